The van der Waals surface area contributed by atoms with Crippen molar-refractivity contribution < 1.29 is 9.59 Å². The molecule has 0 aliphatic carbocycles. The van der Waals surface area contributed by atoms with Gasteiger partial charge in [0.05, 0.1) is 0 Å². The van der Waals surface area contributed by atoms with E-state index < -0.39 is 0 Å². The summed E-state index contributed by atoms with van der Waals surface area (Å²) in [5.74, 6) is 0.262. The molecule has 140 valence electrons. The maximum Gasteiger partial charge on any atom is 0.145 e. The maximum absolute atomic E-state index is 10.9. The highest BCUT2D eigenvalue weighted by Gasteiger charge is 1.95. The van der Waals surface area contributed by atoms with Crippen LogP contribution < -0.4 is 0 Å². The van der Waals surface area contributed by atoms with Crippen LogP contribution in [0, 0.1) is 0 Å². The Hall–Kier alpha value is -1.70. The van der Waals surface area contributed by atoms with Crippen molar-refractivity contribution in [3.8, 4) is 0 Å². The minimum absolute atomic E-state index is 0.262. The molecule has 0 amide bonds. The van der Waals surface area contributed by atoms with Crippen molar-refractivity contribution in [3.63, 3.8) is 0 Å². The maximum atomic E-state index is 10.9. The van der Waals surface area contributed by atoms with Crippen LogP contribution in [-0.2, 0) is 9.59 Å². The molecule has 0 saturated carbocycles. The van der Waals surface area contributed by atoms with Gasteiger partial charge in [0.1, 0.15) is 12.1 Å². The lowest BCUT2D eigenvalue weighted by Crippen LogP contribution is -1.87. The minimum Gasteiger partial charge on any atom is -0.300 e. The van der Waals surface area contributed by atoms with Gasteiger partial charge in [0, 0.05) is 6.42 Å². The quantitative estimate of drug-likeness (QED) is 0.212. The van der Waals surface area contributed by atoms with Crippen LogP contribution in [0.15, 0.2) is 46.6 Å². The predicted octanol–water partition coefficient (Wildman–Crippen LogP) is 6.68. The molecule has 0 aromatic carbocycles. The first-order valence-electron chi connectivity index (χ1n) is 9.43. The van der Waals surface area contributed by atoms with Crippen molar-refractivity contribution in [2.75, 3.05) is 0 Å². The number of rotatable bonds is 13. The Bertz CT molecular complexity index is 530. The van der Waals surface area contributed by atoms with Gasteiger partial charge >= 0.3 is 0 Å². The third-order valence-corrected chi connectivity index (χ3v) is 4.24. The summed E-state index contributed by atoms with van der Waals surface area (Å²) in [7, 11) is 0. The van der Waals surface area contributed by atoms with Crippen molar-refractivity contribution in [1.82, 2.24) is 0 Å². The van der Waals surface area contributed by atoms with Crippen molar-refractivity contribution in [2.24, 2.45) is 0 Å². The molecule has 0 atom stereocenters. The van der Waals surface area contributed by atoms with Crippen LogP contribution in [0.25, 0.3) is 0 Å². The number of hydrogen-bond donors (Lipinski definition) is 0. The first-order chi connectivity index (χ1) is 11.8. The van der Waals surface area contributed by atoms with Gasteiger partial charge in [-0.1, -0.05) is 41.0 Å². The molecule has 2 nitrogen and oxygen atoms in total. The van der Waals surface area contributed by atoms with Crippen molar-refractivity contribution in [3.05, 3.63) is 46.6 Å². The Morgan fingerprint density at radius 2 is 0.960 bits per heavy atom. The zero-order valence-electron chi connectivity index (χ0n) is 16.9. The highest BCUT2D eigenvalue weighted by Crippen LogP contribution is 2.13. The lowest BCUT2D eigenvalue weighted by atomic mass is 10.0. The van der Waals surface area contributed by atoms with E-state index in [1.807, 2.05) is 13.0 Å². The second kappa shape index (κ2) is 14.6. The molecule has 0 radical (unpaired) electrons. The number of allylic oxidation sites excluding steroid dienone is 8. The Labute approximate surface area is 154 Å². The summed E-state index contributed by atoms with van der Waals surface area (Å²) in [6, 6.07) is 0. The largest absolute Gasteiger partial charge is 0.300 e. The average Bonchev–Trinajstić information content (AvgIpc) is 2.54. The Morgan fingerprint density at radius 3 is 1.32 bits per heavy atom. The zero-order valence-corrected chi connectivity index (χ0v) is 16.9. The fourth-order valence-electron chi connectivity index (χ4n) is 2.50. The summed E-state index contributed by atoms with van der Waals surface area (Å²) in [4.78, 5) is 21.4. The zero-order chi connectivity index (χ0) is 19.1. The Morgan fingerprint density at radius 1 is 0.600 bits per heavy atom. The van der Waals surface area contributed by atoms with Gasteiger partial charge in [0.2, 0.25) is 0 Å². The third kappa shape index (κ3) is 15.6. The van der Waals surface area contributed by atoms with Gasteiger partial charge in [-0.3, -0.25) is 4.79 Å². The summed E-state index contributed by atoms with van der Waals surface area (Å²) in [6.07, 6.45) is 17.6. The molecular formula is C23H36O2. The van der Waals surface area contributed by atoms with Gasteiger partial charge < -0.3 is 4.79 Å². The van der Waals surface area contributed by atoms with Crippen molar-refractivity contribution in [1.29, 1.82) is 0 Å². The molecule has 25 heavy (non-hydrogen) atoms. The van der Waals surface area contributed by atoms with E-state index >= 15 is 0 Å². The van der Waals surface area contributed by atoms with Crippen LogP contribution in [0.3, 0.4) is 0 Å². The van der Waals surface area contributed by atoms with E-state index in [1.54, 1.807) is 6.92 Å². The molecule has 0 N–H and O–H groups in total. The first-order valence-corrected chi connectivity index (χ1v) is 9.43. The van der Waals surface area contributed by atoms with Gasteiger partial charge in [-0.2, -0.15) is 0 Å². The molecule has 0 bridgehead atoms. The van der Waals surface area contributed by atoms with E-state index in [4.69, 9.17) is 0 Å². The topological polar surface area (TPSA) is 34.1 Å². The third-order valence-electron chi connectivity index (χ3n) is 4.24. The second-order valence-corrected chi connectivity index (χ2v) is 7.07. The van der Waals surface area contributed by atoms with E-state index in [-0.39, 0.29) is 5.78 Å². The van der Waals surface area contributed by atoms with E-state index in [0.29, 0.717) is 6.42 Å². The number of hydrogen-bond acceptors (Lipinski definition) is 2. The molecule has 0 unspecified atom stereocenters. The number of Topliss-reactive ketones (excluding diaryl/α,β-unsaturated/α-hetero) is 1. The summed E-state index contributed by atoms with van der Waals surface area (Å²) in [5.41, 5.74) is 5.03. The summed E-state index contributed by atoms with van der Waals surface area (Å²) < 4.78 is 0. The molecule has 0 rings (SSSR count). The van der Waals surface area contributed by atoms with Gasteiger partial charge in [-0.25, -0.2) is 0 Å². The van der Waals surface area contributed by atoms with Crippen LogP contribution in [0.5, 0.6) is 0 Å². The van der Waals surface area contributed by atoms with Gasteiger partial charge in [-0.15, -0.1) is 0 Å². The van der Waals surface area contributed by atoms with Crippen LogP contribution >= 0.6 is 0 Å². The number of carbonyl (C=O) groups is 2. The molecule has 0 saturated heterocycles. The molecule has 0 heterocycles. The summed E-state index contributed by atoms with van der Waals surface area (Å²) in [5, 5.41) is 0. The molecule has 2 heteroatoms. The fraction of sp³-hybridized carbons (Fsp3) is 0.565. The predicted molar refractivity (Wildman–Crippen MR) is 109 cm³/mol. The van der Waals surface area contributed by atoms with Crippen molar-refractivity contribution >= 4 is 12.1 Å². The van der Waals surface area contributed by atoms with Crippen LogP contribution in [-0.4, -0.2) is 12.1 Å². The number of ketones is 1. The fourth-order valence-corrected chi connectivity index (χ4v) is 2.50. The van der Waals surface area contributed by atoms with Crippen molar-refractivity contribution in [2.45, 2.75) is 86.0 Å². The molecular weight excluding hydrogens is 308 g/mol. The van der Waals surface area contributed by atoms with E-state index in [9.17, 15) is 9.59 Å². The van der Waals surface area contributed by atoms with E-state index in [1.165, 1.54) is 16.7 Å². The monoisotopic (exact) mass is 344 g/mol. The second-order valence-electron chi connectivity index (χ2n) is 7.07. The normalized spacial score (nSPS) is 14.0. The van der Waals surface area contributed by atoms with E-state index in [2.05, 4.69) is 39.0 Å². The van der Waals surface area contributed by atoms with E-state index in [0.717, 1.165) is 56.8 Å². The number of carbonyl (C=O) groups excluding carboxylic acids is 2. The molecule has 0 spiro atoms. The number of aldehydes is 1. The Kier molecular flexibility index (Phi) is 13.6. The summed E-state index contributed by atoms with van der Waals surface area (Å²) >= 11 is 0. The highest BCUT2D eigenvalue weighted by molar-refractivity contribution is 5.75. The highest BCUT2D eigenvalue weighted by atomic mass is 16.1. The Balaban J connectivity index is 4.02. The standard InChI is InChI=1S/C23H36O2/c1-19(11-7-13-21(3)15-9-17-23(5)25)10-6-12-20(2)14-8-16-22(4)18-24/h11-12,15-16,18H,6-10,13-14,17H2,1-5H3. The molecule has 0 aromatic heterocycles. The molecule has 0 aliphatic rings. The van der Waals surface area contributed by atoms with Crippen LogP contribution in [0.1, 0.15) is 86.0 Å². The minimum atomic E-state index is 0.262. The molecule has 0 aromatic rings. The molecule has 0 fully saturated rings. The smallest absolute Gasteiger partial charge is 0.145 e. The van der Waals surface area contributed by atoms with Gasteiger partial charge in [-0.05, 0) is 85.1 Å². The SMILES string of the molecule is CC(=O)CCC=C(C)CCC=C(C)CCC=C(C)CCC=C(C)C=O. The van der Waals surface area contributed by atoms with Gasteiger partial charge in [0.25, 0.3) is 0 Å². The lowest BCUT2D eigenvalue weighted by Gasteiger charge is -2.02. The lowest BCUT2D eigenvalue weighted by molar-refractivity contribution is -0.116. The van der Waals surface area contributed by atoms with Crippen LogP contribution in [0.4, 0.5) is 0 Å². The average molecular weight is 345 g/mol. The first kappa shape index (κ1) is 23.3. The van der Waals surface area contributed by atoms with Crippen LogP contribution in [0.2, 0.25) is 0 Å². The molecule has 0 aliphatic heterocycles. The van der Waals surface area contributed by atoms with Gasteiger partial charge in [0.15, 0.2) is 0 Å². The summed E-state index contributed by atoms with van der Waals surface area (Å²) in [6.45, 7) is 10.0.